The molecule has 0 bridgehead atoms. The molecule has 1 aliphatic rings. The summed E-state index contributed by atoms with van der Waals surface area (Å²) in [7, 11) is 3.87. The summed E-state index contributed by atoms with van der Waals surface area (Å²) in [6, 6.07) is 8.17. The maximum Gasteiger partial charge on any atom is 0.119 e. The summed E-state index contributed by atoms with van der Waals surface area (Å²) in [6.45, 7) is 7.51. The van der Waals surface area contributed by atoms with E-state index in [2.05, 4.69) is 35.9 Å². The summed E-state index contributed by atoms with van der Waals surface area (Å²) in [6.07, 6.45) is 0.923. The molecule has 1 unspecified atom stereocenters. The number of ether oxygens (including phenoxy) is 1. The summed E-state index contributed by atoms with van der Waals surface area (Å²) in [5.74, 6) is 0.879. The lowest BCUT2D eigenvalue weighted by molar-refractivity contribution is 0.124. The van der Waals surface area contributed by atoms with Gasteiger partial charge in [0.2, 0.25) is 0 Å². The van der Waals surface area contributed by atoms with Gasteiger partial charge >= 0.3 is 0 Å². The van der Waals surface area contributed by atoms with Crippen molar-refractivity contribution >= 4 is 0 Å². The largest absolute Gasteiger partial charge is 0.497 e. The van der Waals surface area contributed by atoms with Crippen molar-refractivity contribution in [1.82, 2.24) is 9.80 Å². The molecule has 4 heteroatoms. The number of hydrogen-bond acceptors (Lipinski definition) is 4. The van der Waals surface area contributed by atoms with Crippen LogP contribution in [0.5, 0.6) is 5.75 Å². The summed E-state index contributed by atoms with van der Waals surface area (Å²) in [5, 5.41) is 0. The van der Waals surface area contributed by atoms with Gasteiger partial charge in [-0.15, -0.1) is 0 Å². The quantitative estimate of drug-likeness (QED) is 0.886. The Labute approximate surface area is 122 Å². The molecule has 1 heterocycles. The fourth-order valence-corrected chi connectivity index (χ4v) is 2.74. The average Bonchev–Trinajstić information content (AvgIpc) is 2.49. The first-order valence-electron chi connectivity index (χ1n) is 7.41. The van der Waals surface area contributed by atoms with Gasteiger partial charge in [0.1, 0.15) is 5.75 Å². The van der Waals surface area contributed by atoms with E-state index < -0.39 is 0 Å². The van der Waals surface area contributed by atoms with Gasteiger partial charge in [0.15, 0.2) is 0 Å². The van der Waals surface area contributed by atoms with Gasteiger partial charge in [0.25, 0.3) is 0 Å². The van der Waals surface area contributed by atoms with Gasteiger partial charge in [-0.1, -0.05) is 19.1 Å². The summed E-state index contributed by atoms with van der Waals surface area (Å²) < 4.78 is 5.32. The van der Waals surface area contributed by atoms with Crippen LogP contribution in [-0.2, 0) is 5.54 Å². The van der Waals surface area contributed by atoms with Crippen LogP contribution in [0.2, 0.25) is 0 Å². The molecule has 1 aromatic rings. The van der Waals surface area contributed by atoms with Crippen molar-refractivity contribution in [1.29, 1.82) is 0 Å². The smallest absolute Gasteiger partial charge is 0.119 e. The van der Waals surface area contributed by atoms with Gasteiger partial charge in [-0.3, -0.25) is 4.90 Å². The lowest BCUT2D eigenvalue weighted by Gasteiger charge is -2.39. The van der Waals surface area contributed by atoms with Crippen LogP contribution in [0.25, 0.3) is 0 Å². The van der Waals surface area contributed by atoms with Gasteiger partial charge in [0, 0.05) is 32.7 Å². The highest BCUT2D eigenvalue weighted by molar-refractivity contribution is 5.33. The Kier molecular flexibility index (Phi) is 5.02. The molecular weight excluding hydrogens is 250 g/mol. The molecule has 0 aliphatic carbocycles. The van der Waals surface area contributed by atoms with Crippen LogP contribution in [0.4, 0.5) is 0 Å². The van der Waals surface area contributed by atoms with E-state index in [9.17, 15) is 0 Å². The molecule has 0 saturated carbocycles. The van der Waals surface area contributed by atoms with E-state index in [-0.39, 0.29) is 5.54 Å². The molecule has 1 saturated heterocycles. The third-order valence-corrected chi connectivity index (χ3v) is 4.38. The topological polar surface area (TPSA) is 41.7 Å². The van der Waals surface area contributed by atoms with Crippen LogP contribution < -0.4 is 10.5 Å². The van der Waals surface area contributed by atoms with E-state index in [1.165, 1.54) is 5.56 Å². The zero-order chi connectivity index (χ0) is 14.6. The van der Waals surface area contributed by atoms with Gasteiger partial charge in [-0.05, 0) is 31.2 Å². The molecule has 0 aromatic heterocycles. The first-order valence-corrected chi connectivity index (χ1v) is 7.41. The van der Waals surface area contributed by atoms with Crippen LogP contribution in [0.3, 0.4) is 0 Å². The number of benzene rings is 1. The van der Waals surface area contributed by atoms with E-state index >= 15 is 0 Å². The van der Waals surface area contributed by atoms with Crippen LogP contribution >= 0.6 is 0 Å². The van der Waals surface area contributed by atoms with Crippen molar-refractivity contribution in [2.75, 3.05) is 46.9 Å². The molecule has 20 heavy (non-hydrogen) atoms. The van der Waals surface area contributed by atoms with Gasteiger partial charge in [0.05, 0.1) is 12.6 Å². The first-order chi connectivity index (χ1) is 9.57. The average molecular weight is 277 g/mol. The normalized spacial score (nSPS) is 20.6. The highest BCUT2D eigenvalue weighted by Gasteiger charge is 2.29. The van der Waals surface area contributed by atoms with Crippen LogP contribution in [0.15, 0.2) is 24.3 Å². The second-order valence-corrected chi connectivity index (χ2v) is 5.82. The molecule has 112 valence electrons. The molecule has 0 spiro atoms. The molecule has 0 amide bonds. The highest BCUT2D eigenvalue weighted by atomic mass is 16.5. The number of nitrogens with two attached hydrogens (primary N) is 1. The van der Waals surface area contributed by atoms with Crippen molar-refractivity contribution in [3.63, 3.8) is 0 Å². The number of likely N-dealkylation sites (N-methyl/N-ethyl adjacent to an activating group) is 1. The number of nitrogens with zero attached hydrogens (tertiary/aromatic N) is 2. The van der Waals surface area contributed by atoms with Crippen molar-refractivity contribution in [2.45, 2.75) is 18.9 Å². The zero-order valence-corrected chi connectivity index (χ0v) is 12.9. The van der Waals surface area contributed by atoms with Crippen LogP contribution in [0.1, 0.15) is 18.9 Å². The SMILES string of the molecule is CCC(N)(CN1CCN(C)CC1)c1cccc(OC)c1. The highest BCUT2D eigenvalue weighted by Crippen LogP contribution is 2.27. The predicted molar refractivity (Wildman–Crippen MR) is 83.1 cm³/mol. The van der Waals surface area contributed by atoms with Crippen molar-refractivity contribution < 1.29 is 4.74 Å². The minimum absolute atomic E-state index is 0.301. The fraction of sp³-hybridized carbons (Fsp3) is 0.625. The minimum atomic E-state index is -0.301. The maximum absolute atomic E-state index is 6.70. The zero-order valence-electron chi connectivity index (χ0n) is 12.9. The number of rotatable bonds is 5. The lowest BCUT2D eigenvalue weighted by atomic mass is 9.87. The van der Waals surface area contributed by atoms with Gasteiger partial charge in [-0.2, -0.15) is 0 Å². The predicted octanol–water partition coefficient (Wildman–Crippen LogP) is 1.51. The molecule has 4 nitrogen and oxygen atoms in total. The Morgan fingerprint density at radius 1 is 1.25 bits per heavy atom. The Morgan fingerprint density at radius 3 is 2.55 bits per heavy atom. The monoisotopic (exact) mass is 277 g/mol. The molecule has 2 N–H and O–H groups in total. The maximum atomic E-state index is 6.70. The lowest BCUT2D eigenvalue weighted by Crippen LogP contribution is -2.53. The number of piperazine rings is 1. The van der Waals surface area contributed by atoms with Crippen LogP contribution in [-0.4, -0.2) is 56.7 Å². The number of methoxy groups -OCH3 is 1. The Bertz CT molecular complexity index is 429. The minimum Gasteiger partial charge on any atom is -0.497 e. The summed E-state index contributed by atoms with van der Waals surface area (Å²) >= 11 is 0. The van der Waals surface area contributed by atoms with E-state index in [1.807, 2.05) is 12.1 Å². The standard InChI is InChI=1S/C16H27N3O/c1-4-16(17,13-19-10-8-18(2)9-11-19)14-6-5-7-15(12-14)20-3/h5-7,12H,4,8-11,13,17H2,1-3H3. The van der Waals surface area contributed by atoms with Crippen molar-refractivity contribution in [3.8, 4) is 5.75 Å². The molecule has 1 aromatic carbocycles. The van der Waals surface area contributed by atoms with Crippen molar-refractivity contribution in [3.05, 3.63) is 29.8 Å². The molecule has 1 fully saturated rings. The van der Waals surface area contributed by atoms with Gasteiger partial charge < -0.3 is 15.4 Å². The molecule has 1 aliphatic heterocycles. The molecule has 0 radical (unpaired) electrons. The Morgan fingerprint density at radius 2 is 1.95 bits per heavy atom. The second kappa shape index (κ2) is 6.57. The van der Waals surface area contributed by atoms with E-state index in [1.54, 1.807) is 7.11 Å². The van der Waals surface area contributed by atoms with Gasteiger partial charge in [-0.25, -0.2) is 0 Å². The van der Waals surface area contributed by atoms with Crippen molar-refractivity contribution in [2.24, 2.45) is 5.73 Å². The molecular formula is C16H27N3O. The third kappa shape index (κ3) is 3.51. The number of hydrogen-bond donors (Lipinski definition) is 1. The van der Waals surface area contributed by atoms with E-state index in [0.29, 0.717) is 0 Å². The van der Waals surface area contributed by atoms with E-state index in [4.69, 9.17) is 10.5 Å². The first kappa shape index (κ1) is 15.3. The summed E-state index contributed by atoms with van der Waals surface area (Å²) in [4.78, 5) is 4.84. The fourth-order valence-electron chi connectivity index (χ4n) is 2.74. The second-order valence-electron chi connectivity index (χ2n) is 5.82. The Balaban J connectivity index is 2.11. The van der Waals surface area contributed by atoms with E-state index in [0.717, 1.165) is 44.9 Å². The Hall–Kier alpha value is -1.10. The van der Waals surface area contributed by atoms with Crippen LogP contribution in [0, 0.1) is 0 Å². The molecule has 2 rings (SSSR count). The molecule has 1 atom stereocenters. The summed E-state index contributed by atoms with van der Waals surface area (Å²) in [5.41, 5.74) is 7.56. The third-order valence-electron chi connectivity index (χ3n) is 4.38.